The van der Waals surface area contributed by atoms with E-state index < -0.39 is 0 Å². The monoisotopic (exact) mass is 447 g/mol. The summed E-state index contributed by atoms with van der Waals surface area (Å²) in [7, 11) is 1.58. The van der Waals surface area contributed by atoms with E-state index in [-0.39, 0.29) is 18.5 Å². The third-order valence-electron chi connectivity index (χ3n) is 5.13. The Morgan fingerprint density at radius 2 is 1.64 bits per heavy atom. The van der Waals surface area contributed by atoms with Crippen molar-refractivity contribution in [2.45, 2.75) is 33.3 Å². The average Bonchev–Trinajstić information content (AvgIpc) is 2.84. The maximum Gasteiger partial charge on any atom is 0.338 e. The number of para-hydroxylation sites is 1. The Hall–Kier alpha value is -3.80. The van der Waals surface area contributed by atoms with Gasteiger partial charge in [-0.15, -0.1) is 0 Å². The summed E-state index contributed by atoms with van der Waals surface area (Å²) in [6.45, 7) is 4.69. The second-order valence-corrected chi connectivity index (χ2v) is 7.60. The molecule has 0 heterocycles. The second kappa shape index (κ2) is 11.7. The molecule has 6 nitrogen and oxygen atoms in total. The Balaban J connectivity index is 1.66. The number of unbranched alkanes of at least 4 members (excludes halogenated alkanes) is 1. The summed E-state index contributed by atoms with van der Waals surface area (Å²) in [5, 5.41) is 2.85. The molecule has 172 valence electrons. The van der Waals surface area contributed by atoms with E-state index in [0.717, 1.165) is 29.7 Å². The van der Waals surface area contributed by atoms with Crippen molar-refractivity contribution in [3.63, 3.8) is 0 Å². The van der Waals surface area contributed by atoms with Crippen LogP contribution in [0.4, 0.5) is 5.69 Å². The molecule has 6 heteroatoms. The molecule has 0 radical (unpaired) electrons. The summed E-state index contributed by atoms with van der Waals surface area (Å²) in [5.74, 6) is 0.789. The molecular weight excluding hydrogens is 418 g/mol. The molecule has 0 saturated heterocycles. The number of rotatable bonds is 10. The molecule has 3 rings (SSSR count). The van der Waals surface area contributed by atoms with Gasteiger partial charge in [0.25, 0.3) is 5.91 Å². The molecule has 0 aromatic heterocycles. The molecule has 0 saturated carbocycles. The van der Waals surface area contributed by atoms with Gasteiger partial charge in [-0.1, -0.05) is 31.5 Å². The number of anilines is 1. The highest BCUT2D eigenvalue weighted by atomic mass is 16.5. The van der Waals surface area contributed by atoms with Gasteiger partial charge in [0, 0.05) is 16.8 Å². The van der Waals surface area contributed by atoms with Crippen molar-refractivity contribution in [3.8, 4) is 11.5 Å². The van der Waals surface area contributed by atoms with Gasteiger partial charge < -0.3 is 19.5 Å². The molecule has 0 fully saturated rings. The first-order valence-electron chi connectivity index (χ1n) is 11.0. The van der Waals surface area contributed by atoms with Crippen molar-refractivity contribution >= 4 is 17.6 Å². The molecule has 0 bridgehead atoms. The molecule has 1 N–H and O–H groups in total. The first-order chi connectivity index (χ1) is 16.0. The topological polar surface area (TPSA) is 73.9 Å². The number of nitrogens with one attached hydrogen (secondary N) is 1. The van der Waals surface area contributed by atoms with Crippen molar-refractivity contribution in [2.24, 2.45) is 0 Å². The molecule has 0 aliphatic rings. The van der Waals surface area contributed by atoms with Crippen LogP contribution in [0.5, 0.6) is 11.5 Å². The Labute approximate surface area is 194 Å². The van der Waals surface area contributed by atoms with Gasteiger partial charge >= 0.3 is 5.97 Å². The van der Waals surface area contributed by atoms with Crippen LogP contribution < -0.4 is 14.8 Å². The minimum Gasteiger partial charge on any atom is -0.496 e. The SMILES string of the molecule is CCCCOC(=O)c1ccc(NC(=O)c2ccc(OC)c(COc3ccccc3C)c2)cc1. The van der Waals surface area contributed by atoms with E-state index in [9.17, 15) is 9.59 Å². The van der Waals surface area contributed by atoms with E-state index in [1.165, 1.54) is 0 Å². The van der Waals surface area contributed by atoms with Crippen molar-refractivity contribution in [1.82, 2.24) is 0 Å². The molecule has 0 aliphatic heterocycles. The van der Waals surface area contributed by atoms with E-state index >= 15 is 0 Å². The smallest absolute Gasteiger partial charge is 0.338 e. The van der Waals surface area contributed by atoms with Gasteiger partial charge in [0.05, 0.1) is 19.3 Å². The predicted molar refractivity (Wildman–Crippen MR) is 128 cm³/mol. The lowest BCUT2D eigenvalue weighted by atomic mass is 10.1. The van der Waals surface area contributed by atoms with E-state index in [4.69, 9.17) is 14.2 Å². The van der Waals surface area contributed by atoms with E-state index in [2.05, 4.69) is 5.32 Å². The Morgan fingerprint density at radius 3 is 2.33 bits per heavy atom. The number of amides is 1. The molecule has 3 aromatic carbocycles. The lowest BCUT2D eigenvalue weighted by molar-refractivity contribution is 0.0499. The summed E-state index contributed by atoms with van der Waals surface area (Å²) in [4.78, 5) is 24.8. The van der Waals surface area contributed by atoms with Gasteiger partial charge in [-0.3, -0.25) is 4.79 Å². The van der Waals surface area contributed by atoms with Crippen LogP contribution in [0.25, 0.3) is 0 Å². The van der Waals surface area contributed by atoms with Crippen LogP contribution in [0.1, 0.15) is 51.6 Å². The normalized spacial score (nSPS) is 10.4. The summed E-state index contributed by atoms with van der Waals surface area (Å²) in [6, 6.07) is 19.6. The molecular formula is C27H29NO5. The number of hydrogen-bond acceptors (Lipinski definition) is 5. The van der Waals surface area contributed by atoms with Crippen molar-refractivity contribution in [1.29, 1.82) is 0 Å². The largest absolute Gasteiger partial charge is 0.496 e. The lowest BCUT2D eigenvalue weighted by Crippen LogP contribution is -2.13. The summed E-state index contributed by atoms with van der Waals surface area (Å²) < 4.78 is 16.6. The molecule has 0 spiro atoms. The summed E-state index contributed by atoms with van der Waals surface area (Å²) in [5.41, 5.74) is 3.30. The standard InChI is InChI=1S/C27H29NO5/c1-4-5-16-32-27(30)20-10-13-23(14-11-20)28-26(29)21-12-15-25(31-3)22(17-21)18-33-24-9-7-6-8-19(24)2/h6-15,17H,4-5,16,18H2,1-3H3,(H,28,29). The molecule has 0 atom stereocenters. The summed E-state index contributed by atoms with van der Waals surface area (Å²) in [6.07, 6.45) is 1.79. The van der Waals surface area contributed by atoms with Crippen LogP contribution in [0.2, 0.25) is 0 Å². The van der Waals surface area contributed by atoms with Crippen LogP contribution >= 0.6 is 0 Å². The number of esters is 1. The van der Waals surface area contributed by atoms with Gasteiger partial charge in [-0.2, -0.15) is 0 Å². The maximum atomic E-state index is 12.8. The minimum atomic E-state index is -0.366. The zero-order valence-corrected chi connectivity index (χ0v) is 19.2. The highest BCUT2D eigenvalue weighted by Crippen LogP contribution is 2.24. The number of benzene rings is 3. The number of carbonyl (C=O) groups is 2. The van der Waals surface area contributed by atoms with Crippen molar-refractivity contribution in [3.05, 3.63) is 89.0 Å². The van der Waals surface area contributed by atoms with Crippen LogP contribution in [-0.2, 0) is 11.3 Å². The number of aryl methyl sites for hydroxylation is 1. The highest BCUT2D eigenvalue weighted by Gasteiger charge is 2.13. The molecule has 0 unspecified atom stereocenters. The Morgan fingerprint density at radius 1 is 0.909 bits per heavy atom. The third kappa shape index (κ3) is 6.59. The zero-order chi connectivity index (χ0) is 23.6. The lowest BCUT2D eigenvalue weighted by Gasteiger charge is -2.13. The van der Waals surface area contributed by atoms with Crippen LogP contribution in [0.3, 0.4) is 0 Å². The van der Waals surface area contributed by atoms with Crippen LogP contribution in [-0.4, -0.2) is 25.6 Å². The predicted octanol–water partition coefficient (Wildman–Crippen LogP) is 5.79. The van der Waals surface area contributed by atoms with Gasteiger partial charge in [-0.05, 0) is 67.4 Å². The van der Waals surface area contributed by atoms with E-state index in [1.807, 2.05) is 38.1 Å². The number of carbonyl (C=O) groups excluding carboxylic acids is 2. The maximum absolute atomic E-state index is 12.8. The van der Waals surface area contributed by atoms with Crippen LogP contribution in [0, 0.1) is 6.92 Å². The van der Waals surface area contributed by atoms with Gasteiger partial charge in [0.1, 0.15) is 18.1 Å². The average molecular weight is 448 g/mol. The second-order valence-electron chi connectivity index (χ2n) is 7.60. The molecule has 1 amide bonds. The molecule has 0 aliphatic carbocycles. The first-order valence-corrected chi connectivity index (χ1v) is 11.0. The Bertz CT molecular complexity index is 1090. The third-order valence-corrected chi connectivity index (χ3v) is 5.13. The number of methoxy groups -OCH3 is 1. The van der Waals surface area contributed by atoms with E-state index in [1.54, 1.807) is 49.6 Å². The fourth-order valence-electron chi connectivity index (χ4n) is 3.19. The quantitative estimate of drug-likeness (QED) is 0.314. The number of hydrogen-bond donors (Lipinski definition) is 1. The van der Waals surface area contributed by atoms with Gasteiger partial charge in [0.15, 0.2) is 0 Å². The fraction of sp³-hybridized carbons (Fsp3) is 0.259. The highest BCUT2D eigenvalue weighted by molar-refractivity contribution is 6.04. The molecule has 33 heavy (non-hydrogen) atoms. The zero-order valence-electron chi connectivity index (χ0n) is 19.2. The van der Waals surface area contributed by atoms with Gasteiger partial charge in [0.2, 0.25) is 0 Å². The van der Waals surface area contributed by atoms with E-state index in [0.29, 0.717) is 29.2 Å². The molecule has 3 aromatic rings. The minimum absolute atomic E-state index is 0.268. The fourth-order valence-corrected chi connectivity index (χ4v) is 3.19. The van der Waals surface area contributed by atoms with Gasteiger partial charge in [-0.25, -0.2) is 4.79 Å². The van der Waals surface area contributed by atoms with Crippen molar-refractivity contribution in [2.75, 3.05) is 19.0 Å². The summed E-state index contributed by atoms with van der Waals surface area (Å²) >= 11 is 0. The Kier molecular flexibility index (Phi) is 8.47. The van der Waals surface area contributed by atoms with Crippen molar-refractivity contribution < 1.29 is 23.8 Å². The van der Waals surface area contributed by atoms with Crippen LogP contribution in [0.15, 0.2) is 66.7 Å². The number of ether oxygens (including phenoxy) is 3. The first kappa shape index (κ1) is 23.9.